The van der Waals surface area contributed by atoms with Gasteiger partial charge in [-0.25, -0.2) is 0 Å². The molecule has 272 valence electrons. The molecular formula is C42H46N2O8. The number of carbonyl (C=O) groups excluding carboxylic acids is 2. The van der Waals surface area contributed by atoms with E-state index in [1.807, 2.05) is 123 Å². The van der Waals surface area contributed by atoms with Crippen molar-refractivity contribution in [3.8, 4) is 11.5 Å². The zero-order chi connectivity index (χ0) is 37.0. The Morgan fingerprint density at radius 3 is 1.13 bits per heavy atom. The van der Waals surface area contributed by atoms with Gasteiger partial charge in [0.2, 0.25) is 11.8 Å². The Morgan fingerprint density at radius 1 is 0.500 bits per heavy atom. The van der Waals surface area contributed by atoms with Gasteiger partial charge < -0.3 is 29.5 Å². The molecule has 4 atom stereocenters. The quantitative estimate of drug-likeness (QED) is 0.117. The fourth-order valence-corrected chi connectivity index (χ4v) is 6.76. The van der Waals surface area contributed by atoms with Crippen molar-refractivity contribution in [2.45, 2.75) is 53.0 Å². The number of carbonyl (C=O) groups is 4. The molecule has 0 spiro atoms. The van der Waals surface area contributed by atoms with E-state index in [1.165, 1.54) is 0 Å². The molecule has 1 aliphatic rings. The number of carboxylic acid groups (broad SMARTS) is 2. The minimum atomic E-state index is -1.52. The van der Waals surface area contributed by atoms with Crippen molar-refractivity contribution < 1.29 is 38.9 Å². The summed E-state index contributed by atoms with van der Waals surface area (Å²) in [7, 11) is 0. The molecule has 4 aromatic rings. The van der Waals surface area contributed by atoms with Crippen molar-refractivity contribution in [2.75, 3.05) is 13.1 Å². The average molecular weight is 707 g/mol. The summed E-state index contributed by atoms with van der Waals surface area (Å²) < 4.78 is 11.7. The number of ether oxygens (including phenoxy) is 2. The van der Waals surface area contributed by atoms with E-state index in [-0.39, 0.29) is 13.1 Å². The Kier molecular flexibility index (Phi) is 13.0. The summed E-state index contributed by atoms with van der Waals surface area (Å²) in [6, 6.07) is 34.1. The smallest absolute Gasteiger partial charge is 0.308 e. The van der Waals surface area contributed by atoms with Crippen molar-refractivity contribution in [1.82, 2.24) is 9.80 Å². The van der Waals surface area contributed by atoms with E-state index in [2.05, 4.69) is 0 Å². The normalized spacial score (nSPS) is 17.7. The van der Waals surface area contributed by atoms with Crippen LogP contribution in [0.5, 0.6) is 11.5 Å². The van der Waals surface area contributed by atoms with E-state index in [9.17, 15) is 29.4 Å². The lowest BCUT2D eigenvalue weighted by Crippen LogP contribution is -2.64. The highest BCUT2D eigenvalue weighted by molar-refractivity contribution is 5.99. The zero-order valence-electron chi connectivity index (χ0n) is 29.6. The number of nitrogens with zero attached hydrogens (tertiary/aromatic N) is 2. The zero-order valence-corrected chi connectivity index (χ0v) is 29.6. The second kappa shape index (κ2) is 18.0. The number of hydrogen-bond donors (Lipinski definition) is 2. The summed E-state index contributed by atoms with van der Waals surface area (Å²) in [6.45, 7) is 5.56. The van der Waals surface area contributed by atoms with Gasteiger partial charge in [-0.1, -0.05) is 98.8 Å². The van der Waals surface area contributed by atoms with Gasteiger partial charge in [0, 0.05) is 26.2 Å². The van der Waals surface area contributed by atoms with Gasteiger partial charge in [-0.2, -0.15) is 0 Å². The molecule has 5 rings (SSSR count). The van der Waals surface area contributed by atoms with E-state index in [4.69, 9.17) is 9.47 Å². The minimum absolute atomic E-state index is 0.187. The molecule has 1 aliphatic carbocycles. The molecule has 1 saturated carbocycles. The summed E-state index contributed by atoms with van der Waals surface area (Å²) in [5, 5.41) is 20.3. The predicted octanol–water partition coefficient (Wildman–Crippen LogP) is 6.67. The van der Waals surface area contributed by atoms with Gasteiger partial charge in [0.1, 0.15) is 24.7 Å². The van der Waals surface area contributed by atoms with Crippen LogP contribution in [0.25, 0.3) is 0 Å². The van der Waals surface area contributed by atoms with Crippen LogP contribution in [0.1, 0.15) is 48.9 Å². The lowest BCUT2D eigenvalue weighted by Gasteiger charge is -2.48. The molecule has 10 nitrogen and oxygen atoms in total. The maximum Gasteiger partial charge on any atom is 0.308 e. The first kappa shape index (κ1) is 37.6. The fourth-order valence-electron chi connectivity index (χ4n) is 6.76. The second-order valence-electron chi connectivity index (χ2n) is 13.1. The highest BCUT2D eigenvalue weighted by atomic mass is 16.5. The molecule has 0 aliphatic heterocycles. The van der Waals surface area contributed by atoms with Crippen LogP contribution in [0.3, 0.4) is 0 Å². The van der Waals surface area contributed by atoms with E-state index >= 15 is 0 Å². The molecular weight excluding hydrogens is 660 g/mol. The summed E-state index contributed by atoms with van der Waals surface area (Å²) >= 11 is 0. The van der Waals surface area contributed by atoms with Gasteiger partial charge in [-0.05, 0) is 59.4 Å². The van der Waals surface area contributed by atoms with E-state index in [0.717, 1.165) is 33.8 Å². The highest BCUT2D eigenvalue weighted by Crippen LogP contribution is 2.49. The van der Waals surface area contributed by atoms with Gasteiger partial charge in [0.15, 0.2) is 0 Å². The van der Waals surface area contributed by atoms with Crippen molar-refractivity contribution >= 4 is 23.8 Å². The van der Waals surface area contributed by atoms with E-state index < -0.39 is 47.4 Å². The summed E-state index contributed by atoms with van der Waals surface area (Å²) in [5.74, 6) is -8.02. The van der Waals surface area contributed by atoms with Crippen LogP contribution in [-0.4, -0.2) is 56.9 Å². The van der Waals surface area contributed by atoms with Crippen LogP contribution in [0.4, 0.5) is 0 Å². The largest absolute Gasteiger partial charge is 0.489 e. The van der Waals surface area contributed by atoms with Gasteiger partial charge in [-0.3, -0.25) is 19.2 Å². The number of rotatable bonds is 18. The monoisotopic (exact) mass is 706 g/mol. The van der Waals surface area contributed by atoms with Crippen LogP contribution in [0.2, 0.25) is 0 Å². The maximum absolute atomic E-state index is 14.3. The minimum Gasteiger partial charge on any atom is -0.489 e. The SMILES string of the molecule is CCCN(Cc1ccc(COc2ccccc2)cc1)C(=O)[C@H]1[C@@H](C(=O)O)[C@H](C(=O)O)[C@@H]1C(=O)N(CCC)Cc1ccc(COc2ccccc2)cc1. The third-order valence-corrected chi connectivity index (χ3v) is 9.39. The Hall–Kier alpha value is -5.64. The van der Waals surface area contributed by atoms with Crippen LogP contribution in [0, 0.1) is 23.7 Å². The van der Waals surface area contributed by atoms with Crippen molar-refractivity contribution in [3.05, 3.63) is 131 Å². The lowest BCUT2D eigenvalue weighted by atomic mass is 9.55. The number of hydrogen-bond acceptors (Lipinski definition) is 6. The van der Waals surface area contributed by atoms with Gasteiger partial charge in [0.25, 0.3) is 0 Å². The molecule has 0 radical (unpaired) electrons. The molecule has 2 amide bonds. The third-order valence-electron chi connectivity index (χ3n) is 9.39. The summed E-state index contributed by atoms with van der Waals surface area (Å²) in [4.78, 5) is 56.6. The lowest BCUT2D eigenvalue weighted by molar-refractivity contribution is -0.187. The Morgan fingerprint density at radius 2 is 0.827 bits per heavy atom. The van der Waals surface area contributed by atoms with Gasteiger partial charge in [0.05, 0.1) is 23.7 Å². The van der Waals surface area contributed by atoms with Crippen LogP contribution in [-0.2, 0) is 45.5 Å². The Bertz CT molecular complexity index is 1650. The van der Waals surface area contributed by atoms with Crippen molar-refractivity contribution in [3.63, 3.8) is 0 Å². The molecule has 0 unspecified atom stereocenters. The Balaban J connectivity index is 1.31. The molecule has 10 heteroatoms. The Labute approximate surface area is 304 Å². The molecule has 52 heavy (non-hydrogen) atoms. The number of para-hydroxylation sites is 2. The van der Waals surface area contributed by atoms with E-state index in [1.54, 1.807) is 9.80 Å². The highest BCUT2D eigenvalue weighted by Gasteiger charge is 2.64. The fraction of sp³-hybridized carbons (Fsp3) is 0.333. The molecule has 0 saturated heterocycles. The third kappa shape index (κ3) is 9.37. The maximum atomic E-state index is 14.3. The molecule has 0 aromatic heterocycles. The first-order valence-electron chi connectivity index (χ1n) is 17.7. The average Bonchev–Trinajstić information content (AvgIpc) is 3.14. The van der Waals surface area contributed by atoms with Gasteiger partial charge >= 0.3 is 11.9 Å². The second-order valence-corrected chi connectivity index (χ2v) is 13.1. The molecule has 4 aromatic carbocycles. The first-order valence-corrected chi connectivity index (χ1v) is 17.7. The summed E-state index contributed by atoms with van der Waals surface area (Å²) in [6.07, 6.45) is 1.18. The number of benzene rings is 4. The number of carboxylic acids is 2. The van der Waals surface area contributed by atoms with Crippen LogP contribution in [0.15, 0.2) is 109 Å². The molecule has 1 fully saturated rings. The standard InChI is InChI=1S/C42H46N2O8/c1-3-23-43(25-29-15-19-31(20-16-29)27-51-33-11-7-5-8-12-33)39(45)35-36(38(42(49)50)37(35)41(47)48)40(46)44(24-4-2)26-30-17-21-32(22-18-30)28-52-34-13-9-6-10-14-34/h5-22,35-38H,3-4,23-28H2,1-2H3,(H,47,48)(H,49,50)/t35-,36-,37-,38-/m1/s1. The number of amides is 2. The molecule has 0 heterocycles. The van der Waals surface area contributed by atoms with Crippen LogP contribution < -0.4 is 9.47 Å². The molecule has 2 N–H and O–H groups in total. The van der Waals surface area contributed by atoms with Crippen LogP contribution >= 0.6 is 0 Å². The van der Waals surface area contributed by atoms with Crippen molar-refractivity contribution in [1.29, 1.82) is 0 Å². The molecule has 0 bridgehead atoms. The summed E-state index contributed by atoms with van der Waals surface area (Å²) in [5.41, 5.74) is 3.51. The topological polar surface area (TPSA) is 134 Å². The predicted molar refractivity (Wildman–Crippen MR) is 195 cm³/mol. The van der Waals surface area contributed by atoms with Gasteiger partial charge in [-0.15, -0.1) is 0 Å². The van der Waals surface area contributed by atoms with Crippen molar-refractivity contribution in [2.24, 2.45) is 23.7 Å². The first-order chi connectivity index (χ1) is 25.2. The van der Waals surface area contributed by atoms with E-state index in [0.29, 0.717) is 39.1 Å². The number of aliphatic carboxylic acids is 2.